The smallest absolute Gasteiger partial charge is 0.159 e. The third-order valence-corrected chi connectivity index (χ3v) is 1.93. The first kappa shape index (κ1) is 7.28. The maximum absolute atomic E-state index is 4.31. The van der Waals surface area contributed by atoms with Crippen molar-refractivity contribution in [2.75, 3.05) is 0 Å². The maximum Gasteiger partial charge on any atom is 0.159 e. The Morgan fingerprint density at radius 1 is 1.42 bits per heavy atom. The SMILES string of the molecule is CCn1cnc2cc(C)cnc21. The van der Waals surface area contributed by atoms with Crippen molar-refractivity contribution in [2.45, 2.75) is 20.4 Å². The number of hydrogen-bond donors (Lipinski definition) is 0. The van der Waals surface area contributed by atoms with Gasteiger partial charge in [-0.3, -0.25) is 0 Å². The molecule has 3 nitrogen and oxygen atoms in total. The van der Waals surface area contributed by atoms with E-state index in [1.807, 2.05) is 24.0 Å². The van der Waals surface area contributed by atoms with Gasteiger partial charge in [0.2, 0.25) is 0 Å². The molecule has 0 aliphatic heterocycles. The quantitative estimate of drug-likeness (QED) is 0.638. The fourth-order valence-electron chi connectivity index (χ4n) is 1.28. The van der Waals surface area contributed by atoms with E-state index in [0.29, 0.717) is 0 Å². The molecule has 0 amide bonds. The Morgan fingerprint density at radius 2 is 2.25 bits per heavy atom. The topological polar surface area (TPSA) is 30.7 Å². The van der Waals surface area contributed by atoms with Crippen LogP contribution < -0.4 is 0 Å². The summed E-state index contributed by atoms with van der Waals surface area (Å²) in [6, 6.07) is 2.05. The van der Waals surface area contributed by atoms with Crippen LogP contribution in [0.25, 0.3) is 11.2 Å². The van der Waals surface area contributed by atoms with Gasteiger partial charge >= 0.3 is 0 Å². The summed E-state index contributed by atoms with van der Waals surface area (Å²) in [6.45, 7) is 5.03. The van der Waals surface area contributed by atoms with Crippen LogP contribution in [0.1, 0.15) is 12.5 Å². The van der Waals surface area contributed by atoms with E-state index in [2.05, 4.69) is 23.0 Å². The van der Waals surface area contributed by atoms with Crippen LogP contribution in [0.4, 0.5) is 0 Å². The number of nitrogens with zero attached hydrogens (tertiary/aromatic N) is 3. The average molecular weight is 161 g/mol. The molecule has 0 saturated heterocycles. The molecule has 0 atom stereocenters. The Morgan fingerprint density at radius 3 is 3.00 bits per heavy atom. The summed E-state index contributed by atoms with van der Waals surface area (Å²) in [7, 11) is 0. The first-order valence-corrected chi connectivity index (χ1v) is 4.08. The van der Waals surface area contributed by atoms with E-state index < -0.39 is 0 Å². The Labute approximate surface area is 71.1 Å². The van der Waals surface area contributed by atoms with E-state index in [9.17, 15) is 0 Å². The summed E-state index contributed by atoms with van der Waals surface area (Å²) >= 11 is 0. The van der Waals surface area contributed by atoms with E-state index >= 15 is 0 Å². The molecule has 0 fully saturated rings. The largest absolute Gasteiger partial charge is 0.316 e. The highest BCUT2D eigenvalue weighted by Crippen LogP contribution is 2.10. The molecular weight excluding hydrogens is 150 g/mol. The Balaban J connectivity index is 2.73. The van der Waals surface area contributed by atoms with Gasteiger partial charge in [0, 0.05) is 12.7 Å². The number of fused-ring (bicyclic) bond motifs is 1. The molecule has 0 N–H and O–H groups in total. The average Bonchev–Trinajstić information content (AvgIpc) is 2.46. The van der Waals surface area contributed by atoms with Crippen LogP contribution in [0.5, 0.6) is 0 Å². The summed E-state index contributed by atoms with van der Waals surface area (Å²) in [4.78, 5) is 8.56. The molecule has 0 saturated carbocycles. The number of hydrogen-bond acceptors (Lipinski definition) is 2. The van der Waals surface area contributed by atoms with Crippen LogP contribution in [0.2, 0.25) is 0 Å². The first-order chi connectivity index (χ1) is 5.81. The minimum atomic E-state index is 0.923. The molecule has 2 rings (SSSR count). The van der Waals surface area contributed by atoms with Crippen molar-refractivity contribution in [1.82, 2.24) is 14.5 Å². The van der Waals surface area contributed by atoms with Crippen molar-refractivity contribution in [3.63, 3.8) is 0 Å². The molecule has 0 spiro atoms. The van der Waals surface area contributed by atoms with Crippen molar-refractivity contribution in [1.29, 1.82) is 0 Å². The predicted molar refractivity (Wildman–Crippen MR) is 47.9 cm³/mol. The molecule has 2 aromatic rings. The molecule has 0 aliphatic carbocycles. The Kier molecular flexibility index (Phi) is 1.57. The molecule has 3 heteroatoms. The van der Waals surface area contributed by atoms with Crippen LogP contribution in [0, 0.1) is 6.92 Å². The van der Waals surface area contributed by atoms with E-state index in [1.165, 1.54) is 0 Å². The second kappa shape index (κ2) is 2.59. The summed E-state index contributed by atoms with van der Waals surface area (Å²) in [5.41, 5.74) is 3.11. The lowest BCUT2D eigenvalue weighted by Crippen LogP contribution is -1.92. The fraction of sp³-hybridized carbons (Fsp3) is 0.333. The van der Waals surface area contributed by atoms with Gasteiger partial charge in [-0.25, -0.2) is 9.97 Å². The van der Waals surface area contributed by atoms with Crippen molar-refractivity contribution in [2.24, 2.45) is 0 Å². The van der Waals surface area contributed by atoms with E-state index in [4.69, 9.17) is 0 Å². The van der Waals surface area contributed by atoms with Crippen LogP contribution in [-0.2, 0) is 6.54 Å². The second-order valence-corrected chi connectivity index (χ2v) is 2.89. The standard InChI is InChI=1S/C9H11N3/c1-3-12-6-11-8-4-7(2)5-10-9(8)12/h4-6H,3H2,1-2H3. The third kappa shape index (κ3) is 0.978. The summed E-state index contributed by atoms with van der Waals surface area (Å²) in [6.07, 6.45) is 3.70. The highest BCUT2D eigenvalue weighted by molar-refractivity contribution is 5.70. The zero-order valence-corrected chi connectivity index (χ0v) is 7.28. The minimum Gasteiger partial charge on any atom is -0.316 e. The van der Waals surface area contributed by atoms with Gasteiger partial charge in [0.1, 0.15) is 5.52 Å². The van der Waals surface area contributed by atoms with Gasteiger partial charge in [0.15, 0.2) is 5.65 Å². The lowest BCUT2D eigenvalue weighted by Gasteiger charge is -1.96. The van der Waals surface area contributed by atoms with Crippen LogP contribution in [-0.4, -0.2) is 14.5 Å². The van der Waals surface area contributed by atoms with E-state index in [0.717, 1.165) is 23.3 Å². The number of aryl methyl sites for hydroxylation is 2. The number of aromatic nitrogens is 3. The minimum absolute atomic E-state index is 0.923. The van der Waals surface area contributed by atoms with Gasteiger partial charge in [-0.05, 0) is 25.5 Å². The zero-order valence-electron chi connectivity index (χ0n) is 7.28. The molecule has 2 aromatic heterocycles. The van der Waals surface area contributed by atoms with Crippen molar-refractivity contribution in [3.8, 4) is 0 Å². The molecule has 0 radical (unpaired) electrons. The van der Waals surface area contributed by atoms with Crippen LogP contribution in [0.15, 0.2) is 18.6 Å². The van der Waals surface area contributed by atoms with E-state index in [-0.39, 0.29) is 0 Å². The molecule has 2 heterocycles. The molecule has 0 bridgehead atoms. The number of imidazole rings is 1. The lowest BCUT2D eigenvalue weighted by atomic mass is 10.3. The van der Waals surface area contributed by atoms with Crippen molar-refractivity contribution < 1.29 is 0 Å². The molecule has 0 aromatic carbocycles. The van der Waals surface area contributed by atoms with Crippen LogP contribution in [0.3, 0.4) is 0 Å². The highest BCUT2D eigenvalue weighted by Gasteiger charge is 2.00. The van der Waals surface area contributed by atoms with Gasteiger partial charge in [-0.15, -0.1) is 0 Å². The van der Waals surface area contributed by atoms with Gasteiger partial charge in [-0.2, -0.15) is 0 Å². The number of pyridine rings is 1. The molecular formula is C9H11N3. The summed E-state index contributed by atoms with van der Waals surface area (Å²) < 4.78 is 2.04. The van der Waals surface area contributed by atoms with Gasteiger partial charge in [0.05, 0.1) is 6.33 Å². The summed E-state index contributed by atoms with van der Waals surface area (Å²) in [5.74, 6) is 0. The Bertz CT molecular complexity index is 403. The first-order valence-electron chi connectivity index (χ1n) is 4.08. The molecule has 0 aliphatic rings. The number of rotatable bonds is 1. The normalized spacial score (nSPS) is 10.8. The van der Waals surface area contributed by atoms with Crippen molar-refractivity contribution >= 4 is 11.2 Å². The molecule has 12 heavy (non-hydrogen) atoms. The Hall–Kier alpha value is -1.38. The van der Waals surface area contributed by atoms with Gasteiger partial charge in [0.25, 0.3) is 0 Å². The lowest BCUT2D eigenvalue weighted by molar-refractivity contribution is 0.778. The van der Waals surface area contributed by atoms with Gasteiger partial charge < -0.3 is 4.57 Å². The maximum atomic E-state index is 4.31. The monoisotopic (exact) mass is 161 g/mol. The summed E-state index contributed by atoms with van der Waals surface area (Å²) in [5, 5.41) is 0. The second-order valence-electron chi connectivity index (χ2n) is 2.89. The highest BCUT2D eigenvalue weighted by atomic mass is 15.1. The van der Waals surface area contributed by atoms with E-state index in [1.54, 1.807) is 0 Å². The van der Waals surface area contributed by atoms with Crippen molar-refractivity contribution in [3.05, 3.63) is 24.2 Å². The molecule has 0 unspecified atom stereocenters. The predicted octanol–water partition coefficient (Wildman–Crippen LogP) is 1.76. The fourth-order valence-corrected chi connectivity index (χ4v) is 1.28. The van der Waals surface area contributed by atoms with Crippen LogP contribution >= 0.6 is 0 Å². The molecule has 62 valence electrons. The zero-order chi connectivity index (χ0) is 8.55. The van der Waals surface area contributed by atoms with Gasteiger partial charge in [-0.1, -0.05) is 0 Å². The third-order valence-electron chi connectivity index (χ3n) is 1.93.